The van der Waals surface area contributed by atoms with Crippen LogP contribution in [-0.4, -0.2) is 55.3 Å². The third-order valence-corrected chi connectivity index (χ3v) is 6.33. The van der Waals surface area contributed by atoms with Crippen LogP contribution in [0, 0.1) is 0 Å². The Bertz CT molecular complexity index is 858. The van der Waals surface area contributed by atoms with Crippen LogP contribution in [0.2, 0.25) is 0 Å². The molecule has 1 aromatic carbocycles. The van der Waals surface area contributed by atoms with Crippen LogP contribution >= 0.6 is 11.3 Å². The van der Waals surface area contributed by atoms with Crippen molar-refractivity contribution in [1.82, 2.24) is 9.80 Å². The largest absolute Gasteiger partial charge is 0.344 e. The van der Waals surface area contributed by atoms with Gasteiger partial charge in [-0.05, 0) is 36.1 Å². The number of hydrogen-bond donors (Lipinski definition) is 0. The van der Waals surface area contributed by atoms with Crippen molar-refractivity contribution in [2.24, 2.45) is 0 Å². The van der Waals surface area contributed by atoms with Gasteiger partial charge in [0.2, 0.25) is 5.91 Å². The Morgan fingerprint density at radius 1 is 1.12 bits per heavy atom. The number of nitrogens with zero attached hydrogens (tertiary/aromatic N) is 3. The highest BCUT2D eigenvalue weighted by Gasteiger charge is 2.28. The van der Waals surface area contributed by atoms with Gasteiger partial charge in [0, 0.05) is 44.3 Å². The molecule has 0 saturated carbocycles. The summed E-state index contributed by atoms with van der Waals surface area (Å²) in [5.41, 5.74) is 3.51. The number of rotatable bonds is 3. The van der Waals surface area contributed by atoms with Crippen molar-refractivity contribution in [2.45, 2.75) is 19.4 Å². The molecule has 0 radical (unpaired) electrons. The van der Waals surface area contributed by atoms with Crippen molar-refractivity contribution >= 4 is 28.8 Å². The van der Waals surface area contributed by atoms with Crippen molar-refractivity contribution in [1.29, 1.82) is 0 Å². The molecule has 0 fully saturated rings. The van der Waals surface area contributed by atoms with Gasteiger partial charge in [0.05, 0.1) is 11.4 Å². The van der Waals surface area contributed by atoms with Crippen molar-refractivity contribution in [3.8, 4) is 0 Å². The summed E-state index contributed by atoms with van der Waals surface area (Å²) in [5, 5.41) is 0. The molecule has 2 aliphatic rings. The lowest BCUT2D eigenvalue weighted by Gasteiger charge is -2.28. The Kier molecular flexibility index (Phi) is 4.54. The van der Waals surface area contributed by atoms with E-state index >= 15 is 0 Å². The van der Waals surface area contributed by atoms with Crippen LogP contribution in [0.3, 0.4) is 0 Å². The van der Waals surface area contributed by atoms with E-state index in [0.29, 0.717) is 6.54 Å². The van der Waals surface area contributed by atoms with E-state index in [0.717, 1.165) is 43.0 Å². The Morgan fingerprint density at radius 3 is 2.73 bits per heavy atom. The first kappa shape index (κ1) is 17.2. The number of para-hydroxylation sites is 1. The van der Waals surface area contributed by atoms with E-state index in [-0.39, 0.29) is 11.8 Å². The molecule has 2 aromatic rings. The normalized spacial score (nSPS) is 16.3. The molecular weight excluding hydrogens is 346 g/mol. The van der Waals surface area contributed by atoms with E-state index in [1.165, 1.54) is 16.0 Å². The second-order valence-electron chi connectivity index (χ2n) is 7.14. The van der Waals surface area contributed by atoms with E-state index in [1.54, 1.807) is 30.3 Å². The van der Waals surface area contributed by atoms with Crippen molar-refractivity contribution in [3.63, 3.8) is 0 Å². The number of anilines is 1. The van der Waals surface area contributed by atoms with Crippen LogP contribution in [0.4, 0.5) is 5.69 Å². The Labute approximate surface area is 157 Å². The van der Waals surface area contributed by atoms with Gasteiger partial charge in [0.1, 0.15) is 0 Å². The molecule has 0 N–H and O–H groups in total. The predicted molar refractivity (Wildman–Crippen MR) is 104 cm³/mol. The van der Waals surface area contributed by atoms with E-state index in [9.17, 15) is 9.59 Å². The Balaban J connectivity index is 1.43. The average Bonchev–Trinajstić information content (AvgIpc) is 3.24. The summed E-state index contributed by atoms with van der Waals surface area (Å²) in [7, 11) is 3.56. The number of hydrogen-bond acceptors (Lipinski definition) is 4. The van der Waals surface area contributed by atoms with Crippen LogP contribution in [0.1, 0.15) is 25.7 Å². The number of fused-ring (bicyclic) bond motifs is 2. The molecule has 0 atom stereocenters. The van der Waals surface area contributed by atoms with Gasteiger partial charge in [-0.15, -0.1) is 11.3 Å². The van der Waals surface area contributed by atoms with Gasteiger partial charge in [-0.2, -0.15) is 0 Å². The average molecular weight is 369 g/mol. The quantitative estimate of drug-likeness (QED) is 0.834. The lowest BCUT2D eigenvalue weighted by molar-refractivity contribution is -0.119. The van der Waals surface area contributed by atoms with E-state index < -0.39 is 0 Å². The van der Waals surface area contributed by atoms with Gasteiger partial charge in [0.25, 0.3) is 5.91 Å². The smallest absolute Gasteiger partial charge is 0.263 e. The van der Waals surface area contributed by atoms with Gasteiger partial charge < -0.3 is 9.80 Å². The van der Waals surface area contributed by atoms with Gasteiger partial charge in [-0.1, -0.05) is 18.2 Å². The first-order valence-electron chi connectivity index (χ1n) is 8.97. The van der Waals surface area contributed by atoms with Gasteiger partial charge in [0.15, 0.2) is 0 Å². The maximum absolute atomic E-state index is 12.8. The molecule has 0 aliphatic carbocycles. The second-order valence-corrected chi connectivity index (χ2v) is 8.28. The van der Waals surface area contributed by atoms with E-state index in [4.69, 9.17) is 0 Å². The number of carbonyl (C=O) groups is 2. The van der Waals surface area contributed by atoms with Crippen LogP contribution in [0.5, 0.6) is 0 Å². The molecule has 136 valence electrons. The maximum Gasteiger partial charge on any atom is 0.263 e. The Morgan fingerprint density at radius 2 is 1.92 bits per heavy atom. The summed E-state index contributed by atoms with van der Waals surface area (Å²) in [6.07, 6.45) is 1.84. The minimum Gasteiger partial charge on any atom is -0.344 e. The summed E-state index contributed by atoms with van der Waals surface area (Å²) in [5.74, 6) is 0.221. The van der Waals surface area contributed by atoms with Gasteiger partial charge in [-0.3, -0.25) is 14.5 Å². The highest BCUT2D eigenvalue weighted by atomic mass is 32.1. The van der Waals surface area contributed by atoms with E-state index in [2.05, 4.69) is 11.0 Å². The van der Waals surface area contributed by atoms with Crippen LogP contribution in [0.15, 0.2) is 30.3 Å². The predicted octanol–water partition coefficient (Wildman–Crippen LogP) is 2.40. The lowest BCUT2D eigenvalue weighted by Crippen LogP contribution is -2.41. The van der Waals surface area contributed by atoms with Crippen LogP contribution in [-0.2, 0) is 24.2 Å². The zero-order chi connectivity index (χ0) is 18.3. The molecule has 0 bridgehead atoms. The zero-order valence-corrected chi connectivity index (χ0v) is 16.0. The molecule has 2 aliphatic heterocycles. The monoisotopic (exact) mass is 369 g/mol. The standard InChI is InChI=1S/C20H23N3O2S/c1-21(2)20(25)18-11-15-12-22(9-8-17(15)26-18)13-19(24)23-10-7-14-5-3-4-6-16(14)23/h3-6,11H,7-10,12-13H2,1-2H3. The molecule has 4 rings (SSSR count). The molecule has 2 amide bonds. The maximum atomic E-state index is 12.8. The minimum absolute atomic E-state index is 0.0562. The number of carbonyl (C=O) groups excluding carboxylic acids is 2. The highest BCUT2D eigenvalue weighted by molar-refractivity contribution is 7.14. The van der Waals surface area contributed by atoms with Crippen LogP contribution in [0.25, 0.3) is 0 Å². The third kappa shape index (κ3) is 3.15. The summed E-state index contributed by atoms with van der Waals surface area (Å²) in [6.45, 7) is 2.82. The third-order valence-electron chi connectivity index (χ3n) is 5.11. The topological polar surface area (TPSA) is 43.9 Å². The summed E-state index contributed by atoms with van der Waals surface area (Å²) < 4.78 is 0. The minimum atomic E-state index is 0.0562. The molecule has 0 spiro atoms. The molecule has 5 nitrogen and oxygen atoms in total. The van der Waals surface area contributed by atoms with Gasteiger partial charge >= 0.3 is 0 Å². The highest BCUT2D eigenvalue weighted by Crippen LogP contribution is 2.30. The van der Waals surface area contributed by atoms with Crippen molar-refractivity contribution in [2.75, 3.05) is 38.6 Å². The fourth-order valence-corrected chi connectivity index (χ4v) is 4.91. The molecule has 0 saturated heterocycles. The van der Waals surface area contributed by atoms with E-state index in [1.807, 2.05) is 29.2 Å². The summed E-state index contributed by atoms with van der Waals surface area (Å²) >= 11 is 1.60. The first-order chi connectivity index (χ1) is 12.5. The SMILES string of the molecule is CN(C)C(=O)c1cc2c(s1)CCN(CC(=O)N1CCc3ccccc31)C2. The molecule has 0 unspecified atom stereocenters. The Hall–Kier alpha value is -2.18. The fraction of sp³-hybridized carbons (Fsp3) is 0.400. The van der Waals surface area contributed by atoms with Gasteiger partial charge in [-0.25, -0.2) is 0 Å². The molecule has 1 aromatic heterocycles. The fourth-order valence-electron chi connectivity index (χ4n) is 3.73. The molecule has 26 heavy (non-hydrogen) atoms. The number of amides is 2. The summed E-state index contributed by atoms with van der Waals surface area (Å²) in [4.78, 5) is 32.8. The van der Waals surface area contributed by atoms with Crippen LogP contribution < -0.4 is 4.90 Å². The number of thiophene rings is 1. The van der Waals surface area contributed by atoms with Crippen molar-refractivity contribution < 1.29 is 9.59 Å². The summed E-state index contributed by atoms with van der Waals surface area (Å²) in [6, 6.07) is 10.2. The first-order valence-corrected chi connectivity index (χ1v) is 9.78. The molecule has 3 heterocycles. The zero-order valence-electron chi connectivity index (χ0n) is 15.2. The van der Waals surface area contributed by atoms with Crippen molar-refractivity contribution in [3.05, 3.63) is 51.2 Å². The molecule has 6 heteroatoms. The lowest BCUT2D eigenvalue weighted by atomic mass is 10.1. The second kappa shape index (κ2) is 6.85. The number of benzene rings is 1. The molecular formula is C20H23N3O2S.